The molecule has 0 bridgehead atoms. The molecule has 0 saturated heterocycles. The Hall–Kier alpha value is -2.04. The van der Waals surface area contributed by atoms with Crippen LogP contribution in [-0.2, 0) is 9.53 Å². The van der Waals surface area contributed by atoms with E-state index in [2.05, 4.69) is 0 Å². The van der Waals surface area contributed by atoms with Crippen molar-refractivity contribution in [3.05, 3.63) is 29.3 Å². The van der Waals surface area contributed by atoms with E-state index in [1.54, 1.807) is 18.2 Å². The van der Waals surface area contributed by atoms with Crippen molar-refractivity contribution in [2.24, 2.45) is 5.73 Å². The second kappa shape index (κ2) is 5.16. The van der Waals surface area contributed by atoms with E-state index in [1.807, 2.05) is 6.92 Å². The van der Waals surface area contributed by atoms with Crippen molar-refractivity contribution in [2.45, 2.75) is 13.3 Å². The van der Waals surface area contributed by atoms with Gasteiger partial charge >= 0.3 is 5.97 Å². The number of benzene rings is 1. The lowest BCUT2D eigenvalue weighted by atomic mass is 10.1. The van der Waals surface area contributed by atoms with Gasteiger partial charge in [-0.15, -0.1) is 0 Å². The van der Waals surface area contributed by atoms with Crippen LogP contribution in [0.2, 0.25) is 0 Å². The summed E-state index contributed by atoms with van der Waals surface area (Å²) in [4.78, 5) is 22.0. The van der Waals surface area contributed by atoms with Crippen LogP contribution in [0.5, 0.6) is 0 Å². The van der Waals surface area contributed by atoms with E-state index in [-0.39, 0.29) is 13.0 Å². The summed E-state index contributed by atoms with van der Waals surface area (Å²) in [5, 5.41) is 0. The molecule has 86 valence electrons. The number of anilines is 1. The Bertz CT molecular complexity index is 416. The Morgan fingerprint density at radius 3 is 2.69 bits per heavy atom. The van der Waals surface area contributed by atoms with E-state index in [1.165, 1.54) is 0 Å². The number of aryl methyl sites for hydroxylation is 1. The summed E-state index contributed by atoms with van der Waals surface area (Å²) in [6.07, 6.45) is 0.0114. The van der Waals surface area contributed by atoms with Crippen LogP contribution in [0.4, 0.5) is 5.69 Å². The van der Waals surface area contributed by atoms with Gasteiger partial charge in [0, 0.05) is 5.69 Å². The second-order valence-electron chi connectivity index (χ2n) is 3.44. The highest BCUT2D eigenvalue weighted by molar-refractivity contribution is 5.95. The summed E-state index contributed by atoms with van der Waals surface area (Å²) in [7, 11) is 0. The van der Waals surface area contributed by atoms with Crippen LogP contribution in [-0.4, -0.2) is 18.5 Å². The van der Waals surface area contributed by atoms with Crippen molar-refractivity contribution < 1.29 is 14.3 Å². The van der Waals surface area contributed by atoms with Gasteiger partial charge in [-0.25, -0.2) is 4.79 Å². The minimum absolute atomic E-state index is 0.0114. The van der Waals surface area contributed by atoms with Crippen molar-refractivity contribution in [3.63, 3.8) is 0 Å². The number of nitrogens with two attached hydrogens (primary N) is 2. The number of hydrogen-bond acceptors (Lipinski definition) is 4. The summed E-state index contributed by atoms with van der Waals surface area (Å²) >= 11 is 0. The molecule has 0 heterocycles. The first-order valence-electron chi connectivity index (χ1n) is 4.82. The van der Waals surface area contributed by atoms with E-state index in [0.29, 0.717) is 11.3 Å². The Kier molecular flexibility index (Phi) is 3.88. The van der Waals surface area contributed by atoms with Crippen molar-refractivity contribution in [2.75, 3.05) is 12.3 Å². The molecule has 4 N–H and O–H groups in total. The van der Waals surface area contributed by atoms with Crippen molar-refractivity contribution in [3.8, 4) is 0 Å². The smallest absolute Gasteiger partial charge is 0.340 e. The van der Waals surface area contributed by atoms with E-state index in [0.717, 1.165) is 5.56 Å². The SMILES string of the molecule is Cc1ccc(N)c(C(=O)OCCC(N)=O)c1. The van der Waals surface area contributed by atoms with Gasteiger partial charge in [0.05, 0.1) is 12.0 Å². The Balaban J connectivity index is 2.65. The number of ether oxygens (including phenoxy) is 1. The molecule has 16 heavy (non-hydrogen) atoms. The predicted octanol–water partition coefficient (Wildman–Crippen LogP) is 0.609. The maximum absolute atomic E-state index is 11.5. The molecule has 0 radical (unpaired) electrons. The zero-order chi connectivity index (χ0) is 12.1. The third-order valence-electron chi connectivity index (χ3n) is 2.01. The second-order valence-corrected chi connectivity index (χ2v) is 3.44. The molecule has 1 rings (SSSR count). The van der Waals surface area contributed by atoms with Gasteiger partial charge in [-0.3, -0.25) is 4.79 Å². The number of carbonyl (C=O) groups excluding carboxylic acids is 2. The van der Waals surface area contributed by atoms with Gasteiger partial charge in [0.15, 0.2) is 0 Å². The highest BCUT2D eigenvalue weighted by Gasteiger charge is 2.11. The standard InChI is InChI=1S/C11H14N2O3/c1-7-2-3-9(12)8(6-7)11(15)16-5-4-10(13)14/h2-3,6H,4-5,12H2,1H3,(H2,13,14). The molecule has 0 saturated carbocycles. The van der Waals surface area contributed by atoms with Gasteiger partial charge in [0.25, 0.3) is 0 Å². The van der Waals surface area contributed by atoms with Crippen LogP contribution in [0.25, 0.3) is 0 Å². The van der Waals surface area contributed by atoms with Crippen LogP contribution in [0.15, 0.2) is 18.2 Å². The van der Waals surface area contributed by atoms with Gasteiger partial charge in [0.2, 0.25) is 5.91 Å². The largest absolute Gasteiger partial charge is 0.461 e. The summed E-state index contributed by atoms with van der Waals surface area (Å²) in [6, 6.07) is 5.08. The highest BCUT2D eigenvalue weighted by atomic mass is 16.5. The number of hydrogen-bond donors (Lipinski definition) is 2. The Morgan fingerprint density at radius 1 is 1.38 bits per heavy atom. The molecule has 0 aliphatic carbocycles. The number of rotatable bonds is 4. The van der Waals surface area contributed by atoms with Crippen molar-refractivity contribution in [1.82, 2.24) is 0 Å². The Morgan fingerprint density at radius 2 is 2.06 bits per heavy atom. The maximum Gasteiger partial charge on any atom is 0.340 e. The third kappa shape index (κ3) is 3.27. The summed E-state index contributed by atoms with van der Waals surface area (Å²) in [5.41, 5.74) is 12.1. The zero-order valence-corrected chi connectivity index (χ0v) is 9.03. The number of primary amides is 1. The molecule has 0 aliphatic rings. The Labute approximate surface area is 93.4 Å². The first kappa shape index (κ1) is 12.0. The lowest BCUT2D eigenvalue weighted by molar-refractivity contribution is -0.118. The van der Waals surface area contributed by atoms with E-state index < -0.39 is 11.9 Å². The molecule has 0 aromatic heterocycles. The molecule has 0 atom stereocenters. The van der Waals surface area contributed by atoms with Crippen LogP contribution in [0.1, 0.15) is 22.3 Å². The van der Waals surface area contributed by atoms with E-state index in [9.17, 15) is 9.59 Å². The topological polar surface area (TPSA) is 95.4 Å². The minimum atomic E-state index is -0.539. The average molecular weight is 222 g/mol. The van der Waals surface area contributed by atoms with Gasteiger partial charge < -0.3 is 16.2 Å². The third-order valence-corrected chi connectivity index (χ3v) is 2.01. The van der Waals surface area contributed by atoms with E-state index >= 15 is 0 Å². The molecule has 5 heteroatoms. The molecule has 5 nitrogen and oxygen atoms in total. The normalized spacial score (nSPS) is 9.81. The van der Waals surface area contributed by atoms with Gasteiger partial charge in [-0.1, -0.05) is 11.6 Å². The fourth-order valence-electron chi connectivity index (χ4n) is 1.17. The van der Waals surface area contributed by atoms with Crippen LogP contribution < -0.4 is 11.5 Å². The van der Waals surface area contributed by atoms with Gasteiger partial charge in [-0.05, 0) is 19.1 Å². The van der Waals surface area contributed by atoms with Crippen LogP contribution in [0.3, 0.4) is 0 Å². The molecule has 0 unspecified atom stereocenters. The first-order valence-corrected chi connectivity index (χ1v) is 4.82. The minimum Gasteiger partial charge on any atom is -0.461 e. The number of amides is 1. The molecule has 0 spiro atoms. The fraction of sp³-hybridized carbons (Fsp3) is 0.273. The van der Waals surface area contributed by atoms with Crippen LogP contribution >= 0.6 is 0 Å². The highest BCUT2D eigenvalue weighted by Crippen LogP contribution is 2.14. The molecule has 1 amide bonds. The predicted molar refractivity (Wildman–Crippen MR) is 59.7 cm³/mol. The molecule has 0 fully saturated rings. The molecular weight excluding hydrogens is 208 g/mol. The summed E-state index contributed by atoms with van der Waals surface area (Å²) < 4.78 is 4.85. The molecule has 1 aromatic carbocycles. The summed E-state index contributed by atoms with van der Waals surface area (Å²) in [6.45, 7) is 1.82. The molecular formula is C11H14N2O3. The summed E-state index contributed by atoms with van der Waals surface area (Å²) in [5.74, 6) is -1.05. The number of carbonyl (C=O) groups is 2. The van der Waals surface area contributed by atoms with Crippen LogP contribution in [0, 0.1) is 6.92 Å². The average Bonchev–Trinajstić information content (AvgIpc) is 2.21. The number of esters is 1. The van der Waals surface area contributed by atoms with Crippen molar-refractivity contribution >= 4 is 17.6 Å². The molecule has 0 aliphatic heterocycles. The van der Waals surface area contributed by atoms with Gasteiger partial charge in [0.1, 0.15) is 6.61 Å². The van der Waals surface area contributed by atoms with Gasteiger partial charge in [-0.2, -0.15) is 0 Å². The number of nitrogen functional groups attached to an aromatic ring is 1. The van der Waals surface area contributed by atoms with Crippen molar-refractivity contribution in [1.29, 1.82) is 0 Å². The van der Waals surface area contributed by atoms with E-state index in [4.69, 9.17) is 16.2 Å². The zero-order valence-electron chi connectivity index (χ0n) is 9.03. The maximum atomic E-state index is 11.5. The quantitative estimate of drug-likeness (QED) is 0.576. The monoisotopic (exact) mass is 222 g/mol. The first-order chi connectivity index (χ1) is 7.50. The fourth-order valence-corrected chi connectivity index (χ4v) is 1.17. The molecule has 1 aromatic rings. The lowest BCUT2D eigenvalue weighted by Crippen LogP contribution is -2.16. The lowest BCUT2D eigenvalue weighted by Gasteiger charge is -2.06.